The third kappa shape index (κ3) is 4.10. The molecule has 130 valence electrons. The summed E-state index contributed by atoms with van der Waals surface area (Å²) in [6.07, 6.45) is -0.855. The number of rotatable bonds is 6. The van der Waals surface area contributed by atoms with E-state index in [4.69, 9.17) is 0 Å². The van der Waals surface area contributed by atoms with Crippen LogP contribution in [0.2, 0.25) is 0 Å². The highest BCUT2D eigenvalue weighted by Crippen LogP contribution is 2.47. The molecule has 3 rings (SSSR count). The zero-order valence-electron chi connectivity index (χ0n) is 14.2. The molecule has 2 aromatic carbocycles. The Morgan fingerprint density at radius 3 is 2.64 bits per heavy atom. The number of carbonyl (C=O) groups excluding carboxylic acids is 1. The van der Waals surface area contributed by atoms with Crippen LogP contribution in [0.1, 0.15) is 23.3 Å². The highest BCUT2D eigenvalue weighted by Gasteiger charge is 2.35. The zero-order chi connectivity index (χ0) is 17.8. The van der Waals surface area contributed by atoms with Crippen molar-refractivity contribution in [1.82, 2.24) is 5.32 Å². The number of carbonyl (C=O) groups is 1. The average molecular weight is 374 g/mol. The van der Waals surface area contributed by atoms with Crippen molar-refractivity contribution in [2.75, 3.05) is 12.8 Å². The molecule has 2 atom stereocenters. The molecule has 1 aliphatic rings. The van der Waals surface area contributed by atoms with Crippen LogP contribution < -0.4 is 5.32 Å². The van der Waals surface area contributed by atoms with E-state index in [0.29, 0.717) is 5.75 Å². The maximum atomic E-state index is 13.1. The fraction of sp³-hybridized carbons (Fsp3) is 0.250. The van der Waals surface area contributed by atoms with E-state index in [0.717, 1.165) is 26.6 Å². The van der Waals surface area contributed by atoms with Gasteiger partial charge in [0.2, 0.25) is 0 Å². The minimum Gasteiger partial charge on any atom is -0.382 e. The maximum absolute atomic E-state index is 13.1. The predicted octanol–water partition coefficient (Wildman–Crippen LogP) is 5.08. The van der Waals surface area contributed by atoms with E-state index in [1.54, 1.807) is 18.7 Å². The Kier molecular flexibility index (Phi) is 5.86. The van der Waals surface area contributed by atoms with Gasteiger partial charge in [0.25, 0.3) is 0 Å². The fourth-order valence-electron chi connectivity index (χ4n) is 2.73. The third-order valence-corrected chi connectivity index (χ3v) is 6.46. The molecule has 0 aliphatic carbocycles. The standard InChI is InChI=1S/C20H20FNOS2/c1-13(21)12-24-16-10-6-9-15(11-16)17-18(23)19(25-20(17)22-2)14-7-4-3-5-8-14/h3-11,13,19,22H,12H2,1-2H3. The predicted molar refractivity (Wildman–Crippen MR) is 105 cm³/mol. The summed E-state index contributed by atoms with van der Waals surface area (Å²) in [5.74, 6) is 0.526. The SMILES string of the molecule is CNC1=C(c2cccc(SCC(C)F)c2)C(=O)C(c2ccccc2)S1. The van der Waals surface area contributed by atoms with E-state index in [9.17, 15) is 9.18 Å². The summed E-state index contributed by atoms with van der Waals surface area (Å²) in [6, 6.07) is 17.6. The molecule has 25 heavy (non-hydrogen) atoms. The lowest BCUT2D eigenvalue weighted by Gasteiger charge is -2.09. The Morgan fingerprint density at radius 1 is 1.20 bits per heavy atom. The minimum absolute atomic E-state index is 0.113. The molecular weight excluding hydrogens is 353 g/mol. The summed E-state index contributed by atoms with van der Waals surface area (Å²) >= 11 is 3.02. The molecule has 0 saturated heterocycles. The largest absolute Gasteiger partial charge is 0.382 e. The first-order valence-corrected chi connectivity index (χ1v) is 10.0. The lowest BCUT2D eigenvalue weighted by atomic mass is 9.97. The fourth-order valence-corrected chi connectivity index (χ4v) is 4.75. The average Bonchev–Trinajstić information content (AvgIpc) is 2.97. The van der Waals surface area contributed by atoms with Crippen molar-refractivity contribution in [2.24, 2.45) is 0 Å². The van der Waals surface area contributed by atoms with Gasteiger partial charge in [0.15, 0.2) is 5.78 Å². The second-order valence-corrected chi connectivity index (χ2v) is 8.06. The van der Waals surface area contributed by atoms with Gasteiger partial charge in [-0.15, -0.1) is 11.8 Å². The van der Waals surface area contributed by atoms with Gasteiger partial charge in [-0.2, -0.15) is 0 Å². The Hall–Kier alpha value is -1.72. The van der Waals surface area contributed by atoms with Gasteiger partial charge < -0.3 is 5.32 Å². The van der Waals surface area contributed by atoms with E-state index >= 15 is 0 Å². The van der Waals surface area contributed by atoms with E-state index < -0.39 is 6.17 Å². The normalized spacial score (nSPS) is 18.5. The van der Waals surface area contributed by atoms with Crippen LogP contribution in [0, 0.1) is 0 Å². The molecule has 5 heteroatoms. The van der Waals surface area contributed by atoms with Crippen molar-refractivity contribution < 1.29 is 9.18 Å². The Balaban J connectivity index is 1.90. The molecule has 0 bridgehead atoms. The lowest BCUT2D eigenvalue weighted by Crippen LogP contribution is -2.07. The zero-order valence-corrected chi connectivity index (χ0v) is 15.8. The van der Waals surface area contributed by atoms with Gasteiger partial charge >= 0.3 is 0 Å². The third-order valence-electron chi connectivity index (χ3n) is 3.88. The molecule has 0 radical (unpaired) electrons. The molecule has 1 N–H and O–H groups in total. The minimum atomic E-state index is -0.855. The molecule has 1 aliphatic heterocycles. The van der Waals surface area contributed by atoms with Crippen molar-refractivity contribution >= 4 is 34.9 Å². The number of nitrogens with one attached hydrogen (secondary N) is 1. The van der Waals surface area contributed by atoms with Gasteiger partial charge in [-0.25, -0.2) is 4.39 Å². The number of Topliss-reactive ketones (excluding diaryl/α,β-unsaturated/α-hetero) is 1. The number of ketones is 1. The lowest BCUT2D eigenvalue weighted by molar-refractivity contribution is -0.113. The summed E-state index contributed by atoms with van der Waals surface area (Å²) < 4.78 is 13.1. The van der Waals surface area contributed by atoms with Crippen LogP contribution in [-0.4, -0.2) is 24.8 Å². The van der Waals surface area contributed by atoms with Gasteiger partial charge in [0.05, 0.1) is 15.9 Å². The molecule has 2 aromatic rings. The van der Waals surface area contributed by atoms with Crippen molar-refractivity contribution in [1.29, 1.82) is 0 Å². The van der Waals surface area contributed by atoms with Crippen LogP contribution in [0.3, 0.4) is 0 Å². The second-order valence-electron chi connectivity index (χ2n) is 5.85. The summed E-state index contributed by atoms with van der Waals surface area (Å²) in [5, 5.41) is 3.83. The van der Waals surface area contributed by atoms with E-state index in [2.05, 4.69) is 5.32 Å². The van der Waals surface area contributed by atoms with E-state index in [1.807, 2.05) is 61.6 Å². The summed E-state index contributed by atoms with van der Waals surface area (Å²) in [4.78, 5) is 14.0. The van der Waals surface area contributed by atoms with E-state index in [1.165, 1.54) is 11.8 Å². The van der Waals surface area contributed by atoms with Crippen LogP contribution >= 0.6 is 23.5 Å². The van der Waals surface area contributed by atoms with Gasteiger partial charge in [-0.1, -0.05) is 54.2 Å². The first kappa shape index (κ1) is 18.1. The van der Waals surface area contributed by atoms with Crippen LogP contribution in [0.5, 0.6) is 0 Å². The van der Waals surface area contributed by atoms with Gasteiger partial charge in [-0.3, -0.25) is 4.79 Å². The molecule has 2 unspecified atom stereocenters. The molecule has 0 amide bonds. The quantitative estimate of drug-likeness (QED) is 0.715. The van der Waals surface area contributed by atoms with Crippen molar-refractivity contribution in [2.45, 2.75) is 23.2 Å². The highest BCUT2D eigenvalue weighted by atomic mass is 32.2. The molecule has 0 saturated carbocycles. The van der Waals surface area contributed by atoms with Crippen LogP contribution in [0.4, 0.5) is 4.39 Å². The Labute approximate surface area is 156 Å². The van der Waals surface area contributed by atoms with Crippen LogP contribution in [0.15, 0.2) is 64.5 Å². The number of hydrogen-bond acceptors (Lipinski definition) is 4. The Bertz CT molecular complexity index is 789. The number of allylic oxidation sites excluding steroid dienone is 1. The highest BCUT2D eigenvalue weighted by molar-refractivity contribution is 8.04. The van der Waals surface area contributed by atoms with E-state index in [-0.39, 0.29) is 11.0 Å². The van der Waals surface area contributed by atoms with Gasteiger partial charge in [0, 0.05) is 17.7 Å². The second kappa shape index (κ2) is 8.11. The monoisotopic (exact) mass is 373 g/mol. The number of halogens is 1. The number of thioether (sulfide) groups is 2. The topological polar surface area (TPSA) is 29.1 Å². The first-order valence-electron chi connectivity index (χ1n) is 8.15. The van der Waals surface area contributed by atoms with Crippen molar-refractivity contribution in [3.05, 3.63) is 70.8 Å². The summed E-state index contributed by atoms with van der Waals surface area (Å²) in [7, 11) is 1.84. The number of benzene rings is 2. The summed E-state index contributed by atoms with van der Waals surface area (Å²) in [6.45, 7) is 1.56. The molecule has 2 nitrogen and oxygen atoms in total. The van der Waals surface area contributed by atoms with Crippen molar-refractivity contribution in [3.8, 4) is 0 Å². The Morgan fingerprint density at radius 2 is 1.96 bits per heavy atom. The van der Waals surface area contributed by atoms with Crippen molar-refractivity contribution in [3.63, 3.8) is 0 Å². The summed E-state index contributed by atoms with van der Waals surface area (Å²) in [5.41, 5.74) is 2.62. The van der Waals surface area contributed by atoms with Crippen LogP contribution in [-0.2, 0) is 4.79 Å². The molecule has 0 spiro atoms. The molecule has 1 heterocycles. The molecule has 0 aromatic heterocycles. The maximum Gasteiger partial charge on any atom is 0.183 e. The number of alkyl halides is 1. The molecular formula is C20H20FNOS2. The first-order chi connectivity index (χ1) is 12.1. The smallest absolute Gasteiger partial charge is 0.183 e. The van der Waals surface area contributed by atoms with Gasteiger partial charge in [0.1, 0.15) is 6.17 Å². The number of hydrogen-bond donors (Lipinski definition) is 1. The molecule has 0 fully saturated rings. The van der Waals surface area contributed by atoms with Gasteiger partial charge in [-0.05, 0) is 30.2 Å². The van der Waals surface area contributed by atoms with Crippen LogP contribution in [0.25, 0.3) is 5.57 Å².